The van der Waals surface area contributed by atoms with E-state index in [2.05, 4.69) is 20.5 Å². The fourth-order valence-electron chi connectivity index (χ4n) is 3.48. The minimum Gasteiger partial charge on any atom is -0.423 e. The summed E-state index contributed by atoms with van der Waals surface area (Å²) in [6, 6.07) is 37.0. The molecule has 5 aromatic carbocycles. The van der Waals surface area contributed by atoms with Crippen LogP contribution in [0.4, 0.5) is 22.7 Å². The molecule has 0 radical (unpaired) electrons. The molecule has 6 heteroatoms. The van der Waals surface area contributed by atoms with E-state index in [0.717, 1.165) is 27.8 Å². The third kappa shape index (κ3) is 5.34. The first kappa shape index (κ1) is 21.9. The standard InChI is InChI=1S/C29H20N4O2/c34-29(21-9-3-1-4-10-21)35-24-17-15-23(16-18-24)31-33-28-20-19-27(25-13-7-8-14-26(25)28)32-30-22-11-5-2-6-12-22/h1-20H. The van der Waals surface area contributed by atoms with Crippen LogP contribution in [0.25, 0.3) is 10.8 Å². The first-order chi connectivity index (χ1) is 17.3. The molecule has 0 bridgehead atoms. The summed E-state index contributed by atoms with van der Waals surface area (Å²) in [7, 11) is 0. The number of azo groups is 2. The van der Waals surface area contributed by atoms with Crippen LogP contribution in [-0.2, 0) is 0 Å². The molecule has 0 atom stereocenters. The van der Waals surface area contributed by atoms with Crippen LogP contribution in [0.15, 0.2) is 142 Å². The van der Waals surface area contributed by atoms with Crippen molar-refractivity contribution in [3.63, 3.8) is 0 Å². The molecule has 0 aliphatic rings. The van der Waals surface area contributed by atoms with E-state index in [1.807, 2.05) is 72.8 Å². The summed E-state index contributed by atoms with van der Waals surface area (Å²) < 4.78 is 5.41. The highest BCUT2D eigenvalue weighted by Gasteiger charge is 2.08. The van der Waals surface area contributed by atoms with E-state index in [0.29, 0.717) is 17.0 Å². The molecule has 0 saturated heterocycles. The van der Waals surface area contributed by atoms with Gasteiger partial charge in [0, 0.05) is 10.8 Å². The van der Waals surface area contributed by atoms with Gasteiger partial charge in [0.15, 0.2) is 0 Å². The van der Waals surface area contributed by atoms with Crippen LogP contribution >= 0.6 is 0 Å². The number of ether oxygens (including phenoxy) is 1. The molecule has 0 N–H and O–H groups in total. The van der Waals surface area contributed by atoms with E-state index < -0.39 is 5.97 Å². The van der Waals surface area contributed by atoms with Crippen molar-refractivity contribution in [2.24, 2.45) is 20.5 Å². The van der Waals surface area contributed by atoms with E-state index in [1.54, 1.807) is 48.5 Å². The Morgan fingerprint density at radius 2 is 0.971 bits per heavy atom. The van der Waals surface area contributed by atoms with Gasteiger partial charge in [0.25, 0.3) is 0 Å². The molecule has 0 unspecified atom stereocenters. The molecule has 0 aliphatic carbocycles. The van der Waals surface area contributed by atoms with Crippen LogP contribution in [0, 0.1) is 0 Å². The van der Waals surface area contributed by atoms with E-state index in [1.165, 1.54) is 0 Å². The molecule has 0 amide bonds. The normalized spacial score (nSPS) is 11.3. The highest BCUT2D eigenvalue weighted by atomic mass is 16.5. The number of nitrogens with zero attached hydrogens (tertiary/aromatic N) is 4. The maximum absolute atomic E-state index is 12.2. The average Bonchev–Trinajstić information content (AvgIpc) is 2.93. The molecule has 5 rings (SSSR count). The van der Waals surface area contributed by atoms with Gasteiger partial charge in [0.1, 0.15) is 5.75 Å². The molecule has 168 valence electrons. The Labute approximate surface area is 202 Å². The Bertz CT molecular complexity index is 1510. The van der Waals surface area contributed by atoms with Gasteiger partial charge in [-0.1, -0.05) is 60.7 Å². The summed E-state index contributed by atoms with van der Waals surface area (Å²) in [6.07, 6.45) is 0. The molecule has 0 saturated carbocycles. The lowest BCUT2D eigenvalue weighted by Crippen LogP contribution is -2.07. The monoisotopic (exact) mass is 456 g/mol. The lowest BCUT2D eigenvalue weighted by molar-refractivity contribution is 0.0735. The largest absolute Gasteiger partial charge is 0.423 e. The highest BCUT2D eigenvalue weighted by Crippen LogP contribution is 2.35. The Morgan fingerprint density at radius 3 is 1.54 bits per heavy atom. The second-order valence-corrected chi connectivity index (χ2v) is 7.63. The van der Waals surface area contributed by atoms with E-state index >= 15 is 0 Å². The van der Waals surface area contributed by atoms with Crippen molar-refractivity contribution < 1.29 is 9.53 Å². The molecule has 6 nitrogen and oxygen atoms in total. The second kappa shape index (κ2) is 10.3. The zero-order valence-corrected chi connectivity index (χ0v) is 18.7. The number of esters is 1. The molecular weight excluding hydrogens is 436 g/mol. The van der Waals surface area contributed by atoms with Gasteiger partial charge in [-0.3, -0.25) is 0 Å². The minimum absolute atomic E-state index is 0.407. The Kier molecular flexibility index (Phi) is 6.44. The SMILES string of the molecule is O=C(Oc1ccc(N=Nc2ccc(N=Nc3ccccc3)c3ccccc23)cc1)c1ccccc1. The van der Waals surface area contributed by atoms with Crippen LogP contribution in [0.2, 0.25) is 0 Å². The molecule has 35 heavy (non-hydrogen) atoms. The molecule has 0 heterocycles. The smallest absolute Gasteiger partial charge is 0.343 e. The summed E-state index contributed by atoms with van der Waals surface area (Å²) in [5.74, 6) is 0.0346. The van der Waals surface area contributed by atoms with Crippen LogP contribution in [0.5, 0.6) is 5.75 Å². The molecule has 0 fully saturated rings. The van der Waals surface area contributed by atoms with Crippen LogP contribution in [0.3, 0.4) is 0 Å². The van der Waals surface area contributed by atoms with E-state index in [9.17, 15) is 4.79 Å². The zero-order valence-electron chi connectivity index (χ0n) is 18.7. The zero-order chi connectivity index (χ0) is 23.9. The third-order valence-electron chi connectivity index (χ3n) is 5.24. The summed E-state index contributed by atoms with van der Waals surface area (Å²) in [5, 5.41) is 19.4. The van der Waals surface area contributed by atoms with Gasteiger partial charge in [-0.25, -0.2) is 4.79 Å². The quantitative estimate of drug-likeness (QED) is 0.145. The van der Waals surface area contributed by atoms with Crippen molar-refractivity contribution in [1.29, 1.82) is 0 Å². The topological polar surface area (TPSA) is 75.7 Å². The predicted molar refractivity (Wildman–Crippen MR) is 137 cm³/mol. The second-order valence-electron chi connectivity index (χ2n) is 7.63. The number of hydrogen-bond donors (Lipinski definition) is 0. The van der Waals surface area contributed by atoms with Crippen molar-refractivity contribution in [3.05, 3.63) is 127 Å². The van der Waals surface area contributed by atoms with Crippen molar-refractivity contribution in [2.45, 2.75) is 0 Å². The van der Waals surface area contributed by atoms with Crippen molar-refractivity contribution in [2.75, 3.05) is 0 Å². The maximum atomic E-state index is 12.2. The summed E-state index contributed by atoms with van der Waals surface area (Å²) in [5.41, 5.74) is 3.40. The first-order valence-electron chi connectivity index (χ1n) is 11.0. The van der Waals surface area contributed by atoms with Crippen LogP contribution in [-0.4, -0.2) is 5.97 Å². The number of hydrogen-bond acceptors (Lipinski definition) is 6. The molecule has 0 spiro atoms. The van der Waals surface area contributed by atoms with Crippen LogP contribution < -0.4 is 4.74 Å². The molecule has 0 aromatic heterocycles. The lowest BCUT2D eigenvalue weighted by atomic mass is 10.1. The number of carbonyl (C=O) groups excluding carboxylic acids is 1. The number of rotatable bonds is 6. The van der Waals surface area contributed by atoms with Gasteiger partial charge in [-0.05, 0) is 60.7 Å². The highest BCUT2D eigenvalue weighted by molar-refractivity contribution is 5.99. The number of fused-ring (bicyclic) bond motifs is 1. The third-order valence-corrected chi connectivity index (χ3v) is 5.24. The van der Waals surface area contributed by atoms with Crippen molar-refractivity contribution in [3.8, 4) is 5.75 Å². The van der Waals surface area contributed by atoms with E-state index in [4.69, 9.17) is 4.74 Å². The first-order valence-corrected chi connectivity index (χ1v) is 11.0. The number of benzene rings is 5. The van der Waals surface area contributed by atoms with Gasteiger partial charge in [-0.15, -0.1) is 10.2 Å². The summed E-state index contributed by atoms with van der Waals surface area (Å²) >= 11 is 0. The molecule has 5 aromatic rings. The van der Waals surface area contributed by atoms with Gasteiger partial charge in [0.05, 0.1) is 28.3 Å². The maximum Gasteiger partial charge on any atom is 0.343 e. The lowest BCUT2D eigenvalue weighted by Gasteiger charge is -2.05. The van der Waals surface area contributed by atoms with Crippen molar-refractivity contribution >= 4 is 39.5 Å². The molecular formula is C29H20N4O2. The fourth-order valence-corrected chi connectivity index (χ4v) is 3.48. The molecule has 0 aliphatic heterocycles. The number of carbonyl (C=O) groups is 1. The van der Waals surface area contributed by atoms with Gasteiger partial charge in [-0.2, -0.15) is 10.2 Å². The summed E-state index contributed by atoms with van der Waals surface area (Å²) in [4.78, 5) is 12.2. The Morgan fingerprint density at radius 1 is 0.486 bits per heavy atom. The fraction of sp³-hybridized carbons (Fsp3) is 0. The predicted octanol–water partition coefficient (Wildman–Crippen LogP) is 8.89. The van der Waals surface area contributed by atoms with Gasteiger partial charge < -0.3 is 4.74 Å². The van der Waals surface area contributed by atoms with Gasteiger partial charge >= 0.3 is 5.97 Å². The summed E-state index contributed by atoms with van der Waals surface area (Å²) in [6.45, 7) is 0. The van der Waals surface area contributed by atoms with Crippen molar-refractivity contribution in [1.82, 2.24) is 0 Å². The van der Waals surface area contributed by atoms with E-state index in [-0.39, 0.29) is 0 Å². The van der Waals surface area contributed by atoms with Crippen LogP contribution in [0.1, 0.15) is 10.4 Å². The Balaban J connectivity index is 1.34. The Hall–Kier alpha value is -4.97. The van der Waals surface area contributed by atoms with Gasteiger partial charge in [0.2, 0.25) is 0 Å². The average molecular weight is 457 g/mol. The minimum atomic E-state index is -0.407.